The van der Waals surface area contributed by atoms with E-state index in [2.05, 4.69) is 15.3 Å². The van der Waals surface area contributed by atoms with Crippen molar-refractivity contribution in [3.8, 4) is 5.88 Å². The van der Waals surface area contributed by atoms with Crippen LogP contribution in [-0.2, 0) is 6.54 Å². The summed E-state index contributed by atoms with van der Waals surface area (Å²) >= 11 is 6.38. The number of aromatic nitrogens is 2. The molecule has 0 aliphatic heterocycles. The van der Waals surface area contributed by atoms with Crippen LogP contribution >= 0.6 is 11.6 Å². The average Bonchev–Trinajstić information content (AvgIpc) is 2.82. The number of para-hydroxylation sites is 1. The second-order valence-electron chi connectivity index (χ2n) is 4.38. The van der Waals surface area contributed by atoms with Gasteiger partial charge in [-0.25, -0.2) is 4.98 Å². The summed E-state index contributed by atoms with van der Waals surface area (Å²) in [6.45, 7) is 0.579. The fourth-order valence-corrected chi connectivity index (χ4v) is 2.44. The van der Waals surface area contributed by atoms with Crippen molar-refractivity contribution in [3.63, 3.8) is 0 Å². The first-order chi connectivity index (χ1) is 9.79. The molecule has 5 heteroatoms. The molecule has 0 spiro atoms. The van der Waals surface area contributed by atoms with Crippen molar-refractivity contribution in [2.75, 3.05) is 12.4 Å². The number of anilines is 1. The van der Waals surface area contributed by atoms with Crippen LogP contribution in [-0.4, -0.2) is 17.1 Å². The molecular formula is C15H14ClN3O. The van der Waals surface area contributed by atoms with Gasteiger partial charge in [0.2, 0.25) is 5.88 Å². The highest BCUT2D eigenvalue weighted by molar-refractivity contribution is 6.36. The van der Waals surface area contributed by atoms with Crippen molar-refractivity contribution >= 4 is 28.2 Å². The molecule has 0 saturated heterocycles. The van der Waals surface area contributed by atoms with Gasteiger partial charge in [0, 0.05) is 17.1 Å². The van der Waals surface area contributed by atoms with Crippen LogP contribution in [0, 0.1) is 0 Å². The number of hydrogen-bond acceptors (Lipinski definition) is 3. The number of pyridine rings is 1. The van der Waals surface area contributed by atoms with Gasteiger partial charge in [-0.3, -0.25) is 0 Å². The zero-order valence-corrected chi connectivity index (χ0v) is 11.7. The summed E-state index contributed by atoms with van der Waals surface area (Å²) < 4.78 is 5.21. The molecule has 20 heavy (non-hydrogen) atoms. The van der Waals surface area contributed by atoms with Gasteiger partial charge in [0.05, 0.1) is 30.1 Å². The Morgan fingerprint density at radius 1 is 1.25 bits per heavy atom. The Kier molecular flexibility index (Phi) is 3.48. The maximum Gasteiger partial charge on any atom is 0.237 e. The molecule has 0 radical (unpaired) electrons. The predicted octanol–water partition coefficient (Wildman–Crippen LogP) is 3.84. The number of halogens is 1. The highest BCUT2D eigenvalue weighted by atomic mass is 35.5. The second kappa shape index (κ2) is 5.43. The van der Waals surface area contributed by atoms with Crippen LogP contribution in [0.5, 0.6) is 5.88 Å². The lowest BCUT2D eigenvalue weighted by molar-refractivity contribution is 0.399. The maximum atomic E-state index is 6.38. The first-order valence-electron chi connectivity index (χ1n) is 6.27. The van der Waals surface area contributed by atoms with E-state index in [1.807, 2.05) is 36.4 Å². The molecule has 2 N–H and O–H groups in total. The molecule has 102 valence electrons. The summed E-state index contributed by atoms with van der Waals surface area (Å²) in [6, 6.07) is 11.7. The van der Waals surface area contributed by atoms with Gasteiger partial charge in [-0.05, 0) is 18.2 Å². The fraction of sp³-hybridized carbons (Fsp3) is 0.133. The Bertz CT molecular complexity index is 739. The summed E-state index contributed by atoms with van der Waals surface area (Å²) in [5.41, 5.74) is 2.82. The number of rotatable bonds is 4. The van der Waals surface area contributed by atoms with Crippen LogP contribution in [0.3, 0.4) is 0 Å². The van der Waals surface area contributed by atoms with Crippen LogP contribution in [0.4, 0.5) is 5.69 Å². The third kappa shape index (κ3) is 2.30. The minimum Gasteiger partial charge on any atom is -0.480 e. The van der Waals surface area contributed by atoms with E-state index in [-0.39, 0.29) is 0 Å². The summed E-state index contributed by atoms with van der Waals surface area (Å²) in [7, 11) is 1.60. The molecule has 0 bridgehead atoms. The Balaban J connectivity index is 1.85. The van der Waals surface area contributed by atoms with Gasteiger partial charge in [-0.2, -0.15) is 0 Å². The fourth-order valence-electron chi connectivity index (χ4n) is 2.16. The van der Waals surface area contributed by atoms with Gasteiger partial charge in [0.1, 0.15) is 0 Å². The lowest BCUT2D eigenvalue weighted by Gasteiger charge is -2.09. The number of nitrogens with zero attached hydrogens (tertiary/aromatic N) is 1. The standard InChI is InChI=1S/C15H14ClN3O/c1-20-15-12(7-4-8-17-15)18-9-13-14(16)10-5-2-3-6-11(10)19-13/h2-8,18-19H,9H2,1H3. The molecule has 1 aromatic carbocycles. The average molecular weight is 288 g/mol. The first-order valence-corrected chi connectivity index (χ1v) is 6.65. The molecule has 4 nitrogen and oxygen atoms in total. The number of hydrogen-bond donors (Lipinski definition) is 2. The van der Waals surface area contributed by atoms with E-state index in [1.165, 1.54) is 0 Å². The van der Waals surface area contributed by atoms with Crippen LogP contribution in [0.1, 0.15) is 5.69 Å². The summed E-state index contributed by atoms with van der Waals surface area (Å²) in [5, 5.41) is 5.06. The van der Waals surface area contributed by atoms with Gasteiger partial charge >= 0.3 is 0 Å². The third-order valence-electron chi connectivity index (χ3n) is 3.13. The largest absolute Gasteiger partial charge is 0.480 e. The Morgan fingerprint density at radius 3 is 2.90 bits per heavy atom. The van der Waals surface area contributed by atoms with Gasteiger partial charge in [0.15, 0.2) is 0 Å². The number of methoxy groups -OCH3 is 1. The highest BCUT2D eigenvalue weighted by Crippen LogP contribution is 2.28. The normalized spacial score (nSPS) is 10.7. The van der Waals surface area contributed by atoms with E-state index in [0.29, 0.717) is 12.4 Å². The van der Waals surface area contributed by atoms with Gasteiger partial charge in [0.25, 0.3) is 0 Å². The molecule has 2 heterocycles. The summed E-state index contributed by atoms with van der Waals surface area (Å²) in [4.78, 5) is 7.46. The number of ether oxygens (including phenoxy) is 1. The topological polar surface area (TPSA) is 49.9 Å². The van der Waals surface area contributed by atoms with Crippen molar-refractivity contribution in [3.05, 3.63) is 53.3 Å². The number of aromatic amines is 1. The third-order valence-corrected chi connectivity index (χ3v) is 3.57. The lowest BCUT2D eigenvalue weighted by atomic mass is 10.2. The minimum absolute atomic E-state index is 0.569. The Hall–Kier alpha value is -2.20. The molecule has 3 aromatic rings. The SMILES string of the molecule is COc1ncccc1NCc1[nH]c2ccccc2c1Cl. The van der Waals surface area contributed by atoms with Gasteiger partial charge in [-0.15, -0.1) is 0 Å². The molecule has 0 aliphatic rings. The van der Waals surface area contributed by atoms with Crippen LogP contribution in [0.2, 0.25) is 5.02 Å². The first kappa shape index (κ1) is 12.8. The Labute approximate surface area is 121 Å². The smallest absolute Gasteiger partial charge is 0.237 e. The van der Waals surface area contributed by atoms with Crippen LogP contribution < -0.4 is 10.1 Å². The highest BCUT2D eigenvalue weighted by Gasteiger charge is 2.09. The molecule has 0 unspecified atom stereocenters. The van der Waals surface area contributed by atoms with Crippen molar-refractivity contribution in [1.82, 2.24) is 9.97 Å². The van der Waals surface area contributed by atoms with Crippen molar-refractivity contribution < 1.29 is 4.74 Å². The monoisotopic (exact) mass is 287 g/mol. The molecular weight excluding hydrogens is 274 g/mol. The molecule has 0 atom stereocenters. The van der Waals surface area contributed by atoms with Crippen molar-refractivity contribution in [2.24, 2.45) is 0 Å². The van der Waals surface area contributed by atoms with Crippen molar-refractivity contribution in [2.45, 2.75) is 6.54 Å². The van der Waals surface area contributed by atoms with E-state index in [1.54, 1.807) is 13.3 Å². The molecule has 3 rings (SSSR count). The number of H-pyrrole nitrogens is 1. The Morgan fingerprint density at radius 2 is 2.10 bits per heavy atom. The molecule has 2 aromatic heterocycles. The zero-order valence-electron chi connectivity index (χ0n) is 11.0. The van der Waals surface area contributed by atoms with E-state index < -0.39 is 0 Å². The van der Waals surface area contributed by atoms with E-state index in [0.717, 1.165) is 27.3 Å². The zero-order chi connectivity index (χ0) is 13.9. The van der Waals surface area contributed by atoms with Crippen LogP contribution in [0.15, 0.2) is 42.6 Å². The van der Waals surface area contributed by atoms with Gasteiger partial charge < -0.3 is 15.0 Å². The van der Waals surface area contributed by atoms with E-state index in [9.17, 15) is 0 Å². The summed E-state index contributed by atoms with van der Waals surface area (Å²) in [6.07, 6.45) is 1.69. The molecule has 0 fully saturated rings. The molecule has 0 saturated carbocycles. The van der Waals surface area contributed by atoms with E-state index in [4.69, 9.17) is 16.3 Å². The molecule has 0 amide bonds. The van der Waals surface area contributed by atoms with Gasteiger partial charge in [-0.1, -0.05) is 29.8 Å². The molecule has 0 aliphatic carbocycles. The predicted molar refractivity (Wildman–Crippen MR) is 81.4 cm³/mol. The number of benzene rings is 1. The second-order valence-corrected chi connectivity index (χ2v) is 4.75. The van der Waals surface area contributed by atoms with Crippen LogP contribution in [0.25, 0.3) is 10.9 Å². The summed E-state index contributed by atoms with van der Waals surface area (Å²) in [5.74, 6) is 0.569. The van der Waals surface area contributed by atoms with Crippen molar-refractivity contribution in [1.29, 1.82) is 0 Å². The number of nitrogens with one attached hydrogen (secondary N) is 2. The lowest BCUT2D eigenvalue weighted by Crippen LogP contribution is -2.02. The quantitative estimate of drug-likeness (QED) is 0.766. The van der Waals surface area contributed by atoms with E-state index >= 15 is 0 Å². The minimum atomic E-state index is 0.569. The number of fused-ring (bicyclic) bond motifs is 1. The maximum absolute atomic E-state index is 6.38.